The molecule has 0 spiro atoms. The summed E-state index contributed by atoms with van der Waals surface area (Å²) in [6.45, 7) is 0. The van der Waals surface area contributed by atoms with E-state index in [1.54, 1.807) is 0 Å². The number of fused-ring (bicyclic) bond motifs is 1. The Morgan fingerprint density at radius 1 is 1.17 bits per heavy atom. The Kier molecular flexibility index (Phi) is 3.95. The molecule has 0 saturated heterocycles. The van der Waals surface area contributed by atoms with Gasteiger partial charge in [0.1, 0.15) is 0 Å². The van der Waals surface area contributed by atoms with Crippen molar-refractivity contribution >= 4 is 16.7 Å². The summed E-state index contributed by atoms with van der Waals surface area (Å²) < 4.78 is 0. The molecule has 1 atom stereocenters. The van der Waals surface area contributed by atoms with E-state index in [-0.39, 0.29) is 6.42 Å². The highest BCUT2D eigenvalue weighted by Crippen LogP contribution is 2.17. The quantitative estimate of drug-likeness (QED) is 0.843. The number of aryl methyl sites for hydroxylation is 1. The SMILES string of the molecule is NC(=O)C[C@@H](O)CCc1ccc2ccccc2c1. The third kappa shape index (κ3) is 3.31. The van der Waals surface area contributed by atoms with Crippen molar-refractivity contribution in [1.82, 2.24) is 0 Å². The first-order valence-electron chi connectivity index (χ1n) is 6.09. The minimum absolute atomic E-state index is 0.0353. The van der Waals surface area contributed by atoms with Gasteiger partial charge in [-0.05, 0) is 29.2 Å². The van der Waals surface area contributed by atoms with Crippen molar-refractivity contribution in [2.24, 2.45) is 5.73 Å². The van der Waals surface area contributed by atoms with Crippen LogP contribution in [-0.2, 0) is 11.2 Å². The average Bonchev–Trinajstić information content (AvgIpc) is 2.35. The van der Waals surface area contributed by atoms with E-state index >= 15 is 0 Å². The van der Waals surface area contributed by atoms with Gasteiger partial charge in [-0.15, -0.1) is 0 Å². The lowest BCUT2D eigenvalue weighted by Crippen LogP contribution is -2.20. The molecular weight excluding hydrogens is 226 g/mol. The predicted molar refractivity (Wildman–Crippen MR) is 72.1 cm³/mol. The molecule has 0 radical (unpaired) electrons. The van der Waals surface area contributed by atoms with Crippen LogP contribution in [0.4, 0.5) is 0 Å². The molecule has 18 heavy (non-hydrogen) atoms. The molecule has 0 aliphatic heterocycles. The van der Waals surface area contributed by atoms with Gasteiger partial charge < -0.3 is 10.8 Å². The Balaban J connectivity index is 2.01. The molecule has 3 N–H and O–H groups in total. The minimum Gasteiger partial charge on any atom is -0.393 e. The van der Waals surface area contributed by atoms with Gasteiger partial charge in [-0.3, -0.25) is 4.79 Å². The highest BCUT2D eigenvalue weighted by Gasteiger charge is 2.08. The zero-order chi connectivity index (χ0) is 13.0. The van der Waals surface area contributed by atoms with Crippen LogP contribution in [0, 0.1) is 0 Å². The Morgan fingerprint density at radius 2 is 1.89 bits per heavy atom. The van der Waals surface area contributed by atoms with Crippen molar-refractivity contribution in [1.29, 1.82) is 0 Å². The number of hydrogen-bond donors (Lipinski definition) is 2. The second-order valence-corrected chi connectivity index (χ2v) is 4.54. The van der Waals surface area contributed by atoms with Crippen LogP contribution in [0.25, 0.3) is 10.8 Å². The second-order valence-electron chi connectivity index (χ2n) is 4.54. The molecular formula is C15H17NO2. The molecule has 2 aromatic carbocycles. The first kappa shape index (κ1) is 12.6. The summed E-state index contributed by atoms with van der Waals surface area (Å²) in [6, 6.07) is 14.4. The fourth-order valence-corrected chi connectivity index (χ4v) is 2.06. The van der Waals surface area contributed by atoms with E-state index in [9.17, 15) is 9.90 Å². The molecule has 0 bridgehead atoms. The predicted octanol–water partition coefficient (Wildman–Crippen LogP) is 2.01. The first-order chi connectivity index (χ1) is 8.65. The third-order valence-corrected chi connectivity index (χ3v) is 3.02. The maximum absolute atomic E-state index is 10.7. The number of amides is 1. The number of carbonyl (C=O) groups is 1. The summed E-state index contributed by atoms with van der Waals surface area (Å²) in [5, 5.41) is 12.0. The molecule has 3 heteroatoms. The van der Waals surface area contributed by atoms with Crippen LogP contribution in [-0.4, -0.2) is 17.1 Å². The van der Waals surface area contributed by atoms with Gasteiger partial charge in [0.05, 0.1) is 12.5 Å². The molecule has 1 amide bonds. The number of primary amides is 1. The fourth-order valence-electron chi connectivity index (χ4n) is 2.06. The Labute approximate surface area is 106 Å². The number of nitrogens with two attached hydrogens (primary N) is 1. The van der Waals surface area contributed by atoms with Gasteiger partial charge in [0.25, 0.3) is 0 Å². The summed E-state index contributed by atoms with van der Waals surface area (Å²) in [6.07, 6.45) is 0.697. The zero-order valence-corrected chi connectivity index (χ0v) is 10.2. The van der Waals surface area contributed by atoms with Gasteiger partial charge in [-0.25, -0.2) is 0 Å². The highest BCUT2D eigenvalue weighted by atomic mass is 16.3. The maximum Gasteiger partial charge on any atom is 0.220 e. The number of aliphatic hydroxyl groups excluding tert-OH is 1. The van der Waals surface area contributed by atoms with Gasteiger partial charge in [0.2, 0.25) is 5.91 Å². The van der Waals surface area contributed by atoms with Crippen LogP contribution < -0.4 is 5.73 Å². The number of aliphatic hydroxyl groups is 1. The fraction of sp³-hybridized carbons (Fsp3) is 0.267. The number of carbonyl (C=O) groups excluding carboxylic acids is 1. The Bertz CT molecular complexity index is 551. The van der Waals surface area contributed by atoms with Crippen molar-refractivity contribution in [3.05, 3.63) is 48.0 Å². The maximum atomic E-state index is 10.7. The molecule has 0 heterocycles. The molecule has 0 aromatic heterocycles. The van der Waals surface area contributed by atoms with Crippen LogP contribution in [0.2, 0.25) is 0 Å². The molecule has 0 aliphatic carbocycles. The van der Waals surface area contributed by atoms with E-state index in [1.807, 2.05) is 12.1 Å². The lowest BCUT2D eigenvalue weighted by Gasteiger charge is -2.08. The van der Waals surface area contributed by atoms with E-state index < -0.39 is 12.0 Å². The number of rotatable bonds is 5. The van der Waals surface area contributed by atoms with Gasteiger partial charge in [0.15, 0.2) is 0 Å². The van der Waals surface area contributed by atoms with Crippen LogP contribution in [0.3, 0.4) is 0 Å². The molecule has 3 nitrogen and oxygen atoms in total. The van der Waals surface area contributed by atoms with Crippen LogP contribution in [0.1, 0.15) is 18.4 Å². The standard InChI is InChI=1S/C15H17NO2/c16-15(18)10-14(17)8-6-11-5-7-12-3-1-2-4-13(12)9-11/h1-5,7,9,14,17H,6,8,10H2,(H2,16,18)/t14-/m0/s1. The van der Waals surface area contributed by atoms with Gasteiger partial charge in [-0.1, -0.05) is 42.5 Å². The topological polar surface area (TPSA) is 63.3 Å². The van der Waals surface area contributed by atoms with E-state index in [1.165, 1.54) is 10.8 Å². The molecule has 2 aromatic rings. The zero-order valence-electron chi connectivity index (χ0n) is 10.2. The van der Waals surface area contributed by atoms with Crippen molar-refractivity contribution in [3.63, 3.8) is 0 Å². The molecule has 94 valence electrons. The van der Waals surface area contributed by atoms with E-state index in [2.05, 4.69) is 30.3 Å². The number of benzene rings is 2. The highest BCUT2D eigenvalue weighted by molar-refractivity contribution is 5.83. The summed E-state index contributed by atoms with van der Waals surface area (Å²) >= 11 is 0. The lowest BCUT2D eigenvalue weighted by atomic mass is 10.0. The van der Waals surface area contributed by atoms with Crippen LogP contribution >= 0.6 is 0 Å². The van der Waals surface area contributed by atoms with Gasteiger partial charge in [-0.2, -0.15) is 0 Å². The normalized spacial score (nSPS) is 12.5. The van der Waals surface area contributed by atoms with Crippen molar-refractivity contribution in [3.8, 4) is 0 Å². The number of hydrogen-bond acceptors (Lipinski definition) is 2. The van der Waals surface area contributed by atoms with Gasteiger partial charge >= 0.3 is 0 Å². The molecule has 0 aliphatic rings. The Hall–Kier alpha value is -1.87. The van der Waals surface area contributed by atoms with E-state index in [0.717, 1.165) is 12.0 Å². The van der Waals surface area contributed by atoms with Crippen molar-refractivity contribution < 1.29 is 9.90 Å². The van der Waals surface area contributed by atoms with Crippen molar-refractivity contribution in [2.75, 3.05) is 0 Å². The minimum atomic E-state index is -0.644. The molecule has 0 saturated carbocycles. The van der Waals surface area contributed by atoms with E-state index in [0.29, 0.717) is 6.42 Å². The van der Waals surface area contributed by atoms with E-state index in [4.69, 9.17) is 5.73 Å². The lowest BCUT2D eigenvalue weighted by molar-refractivity contribution is -0.119. The summed E-state index contributed by atoms with van der Waals surface area (Å²) in [7, 11) is 0. The third-order valence-electron chi connectivity index (χ3n) is 3.02. The van der Waals surface area contributed by atoms with Gasteiger partial charge in [0, 0.05) is 0 Å². The second kappa shape index (κ2) is 5.65. The monoisotopic (exact) mass is 243 g/mol. The van der Waals surface area contributed by atoms with Crippen molar-refractivity contribution in [2.45, 2.75) is 25.4 Å². The van der Waals surface area contributed by atoms with Crippen LogP contribution in [0.5, 0.6) is 0 Å². The summed E-state index contributed by atoms with van der Waals surface area (Å²) in [4.78, 5) is 10.7. The average molecular weight is 243 g/mol. The smallest absolute Gasteiger partial charge is 0.220 e. The molecule has 0 fully saturated rings. The summed E-state index contributed by atoms with van der Waals surface area (Å²) in [5.74, 6) is -0.457. The summed E-state index contributed by atoms with van der Waals surface area (Å²) in [5.41, 5.74) is 6.20. The molecule has 0 unspecified atom stereocenters. The molecule has 2 rings (SSSR count). The Morgan fingerprint density at radius 3 is 2.61 bits per heavy atom. The first-order valence-corrected chi connectivity index (χ1v) is 6.09. The van der Waals surface area contributed by atoms with Crippen LogP contribution in [0.15, 0.2) is 42.5 Å². The largest absolute Gasteiger partial charge is 0.393 e.